The topological polar surface area (TPSA) is 13.1 Å². The number of hydrogen-bond acceptors (Lipinski definition) is 1. The van der Waals surface area contributed by atoms with Gasteiger partial charge in [0.2, 0.25) is 0 Å². The number of halogens is 1. The number of furan rings is 1. The van der Waals surface area contributed by atoms with Gasteiger partial charge >= 0.3 is 0 Å². The SMILES string of the molecule is Brc1ccc(-c2ccc3c4ccccc4c4c5ccccc5oc4c3c2)cc1. The lowest BCUT2D eigenvalue weighted by molar-refractivity contribution is 0.673. The minimum atomic E-state index is 0.934. The van der Waals surface area contributed by atoms with Crippen molar-refractivity contribution >= 4 is 59.4 Å². The van der Waals surface area contributed by atoms with Crippen molar-refractivity contribution in [2.24, 2.45) is 0 Å². The van der Waals surface area contributed by atoms with E-state index >= 15 is 0 Å². The van der Waals surface area contributed by atoms with Crippen LogP contribution in [0.2, 0.25) is 0 Å². The van der Waals surface area contributed by atoms with Crippen LogP contribution in [0.5, 0.6) is 0 Å². The van der Waals surface area contributed by atoms with Crippen LogP contribution in [-0.4, -0.2) is 0 Å². The summed E-state index contributed by atoms with van der Waals surface area (Å²) < 4.78 is 7.46. The van der Waals surface area contributed by atoms with Gasteiger partial charge in [-0.15, -0.1) is 0 Å². The molecule has 1 nitrogen and oxygen atoms in total. The molecule has 1 aromatic heterocycles. The molecule has 132 valence electrons. The fourth-order valence-electron chi connectivity index (χ4n) is 4.23. The van der Waals surface area contributed by atoms with Crippen LogP contribution in [0.15, 0.2) is 99.9 Å². The Morgan fingerprint density at radius 3 is 2.00 bits per heavy atom. The van der Waals surface area contributed by atoms with Crippen LogP contribution in [0.3, 0.4) is 0 Å². The summed E-state index contributed by atoms with van der Waals surface area (Å²) in [6.45, 7) is 0. The van der Waals surface area contributed by atoms with Gasteiger partial charge in [0.15, 0.2) is 0 Å². The van der Waals surface area contributed by atoms with Crippen LogP contribution in [0, 0.1) is 0 Å². The second kappa shape index (κ2) is 5.95. The van der Waals surface area contributed by atoms with Crippen molar-refractivity contribution in [2.75, 3.05) is 0 Å². The first-order valence-electron chi connectivity index (χ1n) is 9.31. The maximum Gasteiger partial charge on any atom is 0.143 e. The lowest BCUT2D eigenvalue weighted by Gasteiger charge is -2.09. The second-order valence-electron chi connectivity index (χ2n) is 7.12. The van der Waals surface area contributed by atoms with E-state index in [1.165, 1.54) is 38.1 Å². The standard InChI is InChI=1S/C26H15BrO/c27-18-12-9-16(10-13-18)17-11-14-20-19-5-1-2-6-21(19)25-22-7-3-4-8-24(22)28-26(25)23(20)15-17/h1-15H. The van der Waals surface area contributed by atoms with Gasteiger partial charge in [-0.1, -0.05) is 82.7 Å². The highest BCUT2D eigenvalue weighted by molar-refractivity contribution is 9.10. The van der Waals surface area contributed by atoms with Gasteiger partial charge in [-0.25, -0.2) is 0 Å². The van der Waals surface area contributed by atoms with Crippen molar-refractivity contribution in [1.29, 1.82) is 0 Å². The highest BCUT2D eigenvalue weighted by atomic mass is 79.9. The summed E-state index contributed by atoms with van der Waals surface area (Å²) in [7, 11) is 0. The molecule has 0 radical (unpaired) electrons. The monoisotopic (exact) mass is 422 g/mol. The lowest BCUT2D eigenvalue weighted by atomic mass is 9.94. The number of benzene rings is 5. The van der Waals surface area contributed by atoms with Gasteiger partial charge in [-0.2, -0.15) is 0 Å². The van der Waals surface area contributed by atoms with E-state index in [0.717, 1.165) is 21.0 Å². The van der Waals surface area contributed by atoms with E-state index in [1.54, 1.807) is 0 Å². The molecule has 0 amide bonds. The Bertz CT molecular complexity index is 1510. The molecule has 0 N–H and O–H groups in total. The molecule has 6 aromatic rings. The minimum Gasteiger partial charge on any atom is -0.455 e. The molecule has 0 aliphatic heterocycles. The fraction of sp³-hybridized carbons (Fsp3) is 0. The van der Waals surface area contributed by atoms with Crippen LogP contribution in [0.1, 0.15) is 0 Å². The molecule has 0 bridgehead atoms. The summed E-state index contributed by atoms with van der Waals surface area (Å²) in [5, 5.41) is 7.26. The Morgan fingerprint density at radius 2 is 1.18 bits per heavy atom. The van der Waals surface area contributed by atoms with E-state index in [4.69, 9.17) is 4.42 Å². The molecule has 5 aromatic carbocycles. The predicted octanol–water partition coefficient (Wildman–Crippen LogP) is 8.32. The molecule has 0 aliphatic carbocycles. The summed E-state index contributed by atoms with van der Waals surface area (Å²) >= 11 is 3.52. The van der Waals surface area contributed by atoms with E-state index in [0.29, 0.717) is 0 Å². The highest BCUT2D eigenvalue weighted by Gasteiger charge is 2.15. The minimum absolute atomic E-state index is 0.934. The molecule has 0 spiro atoms. The number of hydrogen-bond donors (Lipinski definition) is 0. The average molecular weight is 423 g/mol. The largest absolute Gasteiger partial charge is 0.455 e. The van der Waals surface area contributed by atoms with Crippen molar-refractivity contribution in [3.05, 3.63) is 95.5 Å². The second-order valence-corrected chi connectivity index (χ2v) is 8.03. The van der Waals surface area contributed by atoms with Crippen LogP contribution in [0.4, 0.5) is 0 Å². The summed E-state index contributed by atoms with van der Waals surface area (Å²) in [6, 6.07) is 32.1. The zero-order chi connectivity index (χ0) is 18.7. The molecule has 0 saturated carbocycles. The molecule has 0 fully saturated rings. The Hall–Kier alpha value is -3.10. The van der Waals surface area contributed by atoms with E-state index < -0.39 is 0 Å². The average Bonchev–Trinajstić information content (AvgIpc) is 3.14. The lowest BCUT2D eigenvalue weighted by Crippen LogP contribution is -1.83. The predicted molar refractivity (Wildman–Crippen MR) is 122 cm³/mol. The van der Waals surface area contributed by atoms with E-state index in [9.17, 15) is 0 Å². The summed E-state index contributed by atoms with van der Waals surface area (Å²) in [5.41, 5.74) is 4.29. The van der Waals surface area contributed by atoms with Crippen molar-refractivity contribution < 1.29 is 4.42 Å². The molecule has 1 heterocycles. The van der Waals surface area contributed by atoms with Gasteiger partial charge in [0, 0.05) is 20.6 Å². The first-order valence-corrected chi connectivity index (χ1v) is 10.1. The van der Waals surface area contributed by atoms with Gasteiger partial charge in [-0.3, -0.25) is 0 Å². The molecule has 0 unspecified atom stereocenters. The first kappa shape index (κ1) is 15.9. The molecule has 0 saturated heterocycles. The van der Waals surface area contributed by atoms with E-state index in [1.807, 2.05) is 6.07 Å². The molecule has 6 rings (SSSR count). The van der Waals surface area contributed by atoms with Crippen molar-refractivity contribution in [3.8, 4) is 11.1 Å². The Balaban J connectivity index is 1.80. The Kier molecular flexibility index (Phi) is 3.38. The van der Waals surface area contributed by atoms with Gasteiger partial charge in [0.1, 0.15) is 11.2 Å². The van der Waals surface area contributed by atoms with Gasteiger partial charge in [-0.05, 0) is 51.6 Å². The Labute approximate surface area is 170 Å². The van der Waals surface area contributed by atoms with Crippen LogP contribution in [0.25, 0.3) is 54.6 Å². The summed E-state index contributed by atoms with van der Waals surface area (Å²) in [5.74, 6) is 0. The quantitative estimate of drug-likeness (QED) is 0.242. The zero-order valence-electron chi connectivity index (χ0n) is 14.9. The first-order chi connectivity index (χ1) is 13.8. The number of para-hydroxylation sites is 1. The van der Waals surface area contributed by atoms with E-state index in [2.05, 4.69) is 101 Å². The third-order valence-corrected chi connectivity index (χ3v) is 6.05. The maximum absolute atomic E-state index is 6.38. The smallest absolute Gasteiger partial charge is 0.143 e. The normalized spacial score (nSPS) is 11.8. The van der Waals surface area contributed by atoms with Gasteiger partial charge < -0.3 is 4.42 Å². The molecule has 2 heteroatoms. The third-order valence-electron chi connectivity index (χ3n) is 5.52. The van der Waals surface area contributed by atoms with Crippen molar-refractivity contribution in [1.82, 2.24) is 0 Å². The van der Waals surface area contributed by atoms with Crippen LogP contribution < -0.4 is 0 Å². The maximum atomic E-state index is 6.38. The van der Waals surface area contributed by atoms with Crippen molar-refractivity contribution in [2.45, 2.75) is 0 Å². The number of rotatable bonds is 1. The third kappa shape index (κ3) is 2.25. The molecular formula is C26H15BrO. The highest BCUT2D eigenvalue weighted by Crippen LogP contribution is 2.41. The summed E-state index contributed by atoms with van der Waals surface area (Å²) in [4.78, 5) is 0. The van der Waals surface area contributed by atoms with Crippen molar-refractivity contribution in [3.63, 3.8) is 0 Å². The van der Waals surface area contributed by atoms with Gasteiger partial charge in [0.25, 0.3) is 0 Å². The van der Waals surface area contributed by atoms with E-state index in [-0.39, 0.29) is 0 Å². The molecule has 28 heavy (non-hydrogen) atoms. The molecule has 0 atom stereocenters. The Morgan fingerprint density at radius 1 is 0.536 bits per heavy atom. The molecular weight excluding hydrogens is 408 g/mol. The number of fused-ring (bicyclic) bond motifs is 8. The van der Waals surface area contributed by atoms with Crippen LogP contribution >= 0.6 is 15.9 Å². The molecule has 0 aliphatic rings. The summed E-state index contributed by atoms with van der Waals surface area (Å²) in [6.07, 6.45) is 0. The van der Waals surface area contributed by atoms with Crippen LogP contribution in [-0.2, 0) is 0 Å². The fourth-order valence-corrected chi connectivity index (χ4v) is 4.49. The van der Waals surface area contributed by atoms with Gasteiger partial charge in [0.05, 0.1) is 0 Å². The zero-order valence-corrected chi connectivity index (χ0v) is 16.5.